The average molecular weight is 499 g/mol. The van der Waals surface area contributed by atoms with E-state index < -0.39 is 23.3 Å². The van der Waals surface area contributed by atoms with Crippen molar-refractivity contribution in [3.05, 3.63) is 56.7 Å². The molecular formula is C18H9F3IN3OS. The average Bonchev–Trinajstić information content (AvgIpc) is 3.09. The van der Waals surface area contributed by atoms with Crippen molar-refractivity contribution in [3.63, 3.8) is 0 Å². The van der Waals surface area contributed by atoms with E-state index in [4.69, 9.17) is 17.5 Å². The van der Waals surface area contributed by atoms with Gasteiger partial charge in [-0.25, -0.2) is 0 Å². The number of fused-ring (bicyclic) bond motifs is 3. The summed E-state index contributed by atoms with van der Waals surface area (Å²) in [6.07, 6.45) is -4.26. The van der Waals surface area contributed by atoms with Crippen LogP contribution in [0.3, 0.4) is 0 Å². The first-order valence-electron chi connectivity index (χ1n) is 7.79. The van der Waals surface area contributed by atoms with E-state index in [1.165, 1.54) is 12.1 Å². The van der Waals surface area contributed by atoms with Crippen LogP contribution in [-0.2, 0) is 17.4 Å². The number of hydrogen-bond donors (Lipinski definition) is 0. The van der Waals surface area contributed by atoms with Gasteiger partial charge >= 0.3 is 6.18 Å². The first-order chi connectivity index (χ1) is 12.7. The Morgan fingerprint density at radius 1 is 1.22 bits per heavy atom. The highest BCUT2D eigenvalue weighted by Gasteiger charge is 2.48. The summed E-state index contributed by atoms with van der Waals surface area (Å²) >= 11 is 7.59. The number of alkyl halides is 3. The Hall–Kier alpha value is -2.19. The van der Waals surface area contributed by atoms with Gasteiger partial charge in [-0.05, 0) is 70.7 Å². The van der Waals surface area contributed by atoms with Crippen LogP contribution in [0.25, 0.3) is 0 Å². The van der Waals surface area contributed by atoms with Gasteiger partial charge in [0.2, 0.25) is 0 Å². The van der Waals surface area contributed by atoms with Crippen LogP contribution in [0.15, 0.2) is 36.4 Å². The predicted molar refractivity (Wildman–Crippen MR) is 105 cm³/mol. The molecule has 0 bridgehead atoms. The van der Waals surface area contributed by atoms with Crippen molar-refractivity contribution in [2.24, 2.45) is 0 Å². The maximum atomic E-state index is 13.3. The van der Waals surface area contributed by atoms with Gasteiger partial charge in [0.25, 0.3) is 5.91 Å². The minimum atomic E-state index is -4.70. The molecule has 1 amide bonds. The summed E-state index contributed by atoms with van der Waals surface area (Å²) in [6, 6.07) is 9.92. The minimum Gasteiger partial charge on any atom is -0.305 e. The molecule has 0 N–H and O–H groups in total. The summed E-state index contributed by atoms with van der Waals surface area (Å²) in [5.74, 6) is -0.371. The number of anilines is 2. The van der Waals surface area contributed by atoms with Gasteiger partial charge in [0.1, 0.15) is 6.04 Å². The van der Waals surface area contributed by atoms with Gasteiger partial charge in [-0.3, -0.25) is 9.69 Å². The van der Waals surface area contributed by atoms with E-state index in [9.17, 15) is 18.0 Å². The molecule has 1 saturated heterocycles. The summed E-state index contributed by atoms with van der Waals surface area (Å²) in [4.78, 5) is 15.7. The second kappa shape index (κ2) is 6.17. The molecule has 2 aliphatic heterocycles. The number of amides is 1. The molecule has 9 heteroatoms. The van der Waals surface area contributed by atoms with Crippen LogP contribution in [-0.4, -0.2) is 17.1 Å². The quantitative estimate of drug-likeness (QED) is 0.435. The smallest absolute Gasteiger partial charge is 0.305 e. The highest BCUT2D eigenvalue weighted by Crippen LogP contribution is 2.41. The normalized spacial score (nSPS) is 18.6. The van der Waals surface area contributed by atoms with Crippen molar-refractivity contribution in [1.82, 2.24) is 0 Å². The van der Waals surface area contributed by atoms with E-state index in [1.54, 1.807) is 4.90 Å². The molecule has 27 heavy (non-hydrogen) atoms. The highest BCUT2D eigenvalue weighted by molar-refractivity contribution is 14.1. The fraction of sp³-hybridized carbons (Fsp3) is 0.167. The summed E-state index contributed by atoms with van der Waals surface area (Å²) in [5, 5.41) is 9.09. The third-order valence-corrected chi connectivity index (χ3v) is 5.67. The SMILES string of the molecule is N#Cc1ccc(N2C(=O)C3Cc4ccc(I)cc4N3C2=S)cc1C(F)(F)F. The fourth-order valence-electron chi connectivity index (χ4n) is 3.43. The summed E-state index contributed by atoms with van der Waals surface area (Å²) in [6.45, 7) is 0. The minimum absolute atomic E-state index is 0.0119. The number of benzene rings is 2. The molecule has 0 aliphatic carbocycles. The third kappa shape index (κ3) is 2.78. The largest absolute Gasteiger partial charge is 0.417 e. The van der Waals surface area contributed by atoms with E-state index in [2.05, 4.69) is 22.6 Å². The van der Waals surface area contributed by atoms with Crippen molar-refractivity contribution in [1.29, 1.82) is 5.26 Å². The number of nitrogens with zero attached hydrogens (tertiary/aromatic N) is 3. The number of nitriles is 1. The van der Waals surface area contributed by atoms with Crippen LogP contribution in [0, 0.1) is 14.9 Å². The molecule has 2 heterocycles. The van der Waals surface area contributed by atoms with Gasteiger partial charge in [-0.15, -0.1) is 0 Å². The van der Waals surface area contributed by atoms with Gasteiger partial charge in [0, 0.05) is 15.7 Å². The first kappa shape index (κ1) is 18.2. The molecule has 1 fully saturated rings. The fourth-order valence-corrected chi connectivity index (χ4v) is 4.32. The van der Waals surface area contributed by atoms with Crippen molar-refractivity contribution in [2.75, 3.05) is 9.80 Å². The molecule has 2 aromatic rings. The molecule has 1 unspecified atom stereocenters. The van der Waals surface area contributed by atoms with Gasteiger partial charge < -0.3 is 4.90 Å². The molecule has 0 spiro atoms. The van der Waals surface area contributed by atoms with E-state index in [0.717, 1.165) is 31.9 Å². The number of carbonyl (C=O) groups is 1. The van der Waals surface area contributed by atoms with Crippen molar-refractivity contribution < 1.29 is 18.0 Å². The summed E-state index contributed by atoms with van der Waals surface area (Å²) < 4.78 is 40.8. The van der Waals surface area contributed by atoms with Gasteiger partial charge in [0.05, 0.1) is 22.9 Å². The zero-order valence-electron chi connectivity index (χ0n) is 13.4. The van der Waals surface area contributed by atoms with Crippen molar-refractivity contribution in [3.8, 4) is 6.07 Å². The third-order valence-electron chi connectivity index (χ3n) is 4.62. The van der Waals surface area contributed by atoms with Gasteiger partial charge in [-0.2, -0.15) is 18.4 Å². The van der Waals surface area contributed by atoms with Gasteiger partial charge in [-0.1, -0.05) is 6.07 Å². The van der Waals surface area contributed by atoms with Crippen LogP contribution in [0.4, 0.5) is 24.5 Å². The van der Waals surface area contributed by atoms with Crippen LogP contribution in [0.5, 0.6) is 0 Å². The molecule has 1 atom stereocenters. The standard InChI is InChI=1S/C18H9F3IN3OS/c19-18(20,21)13-7-12(4-2-10(13)8-23)24-16(26)15-5-9-1-3-11(22)6-14(9)25(15)17(24)27/h1-4,6-7,15H,5H2. The molecule has 2 aliphatic rings. The van der Waals surface area contributed by atoms with Gasteiger partial charge in [0.15, 0.2) is 5.11 Å². The lowest BCUT2D eigenvalue weighted by Gasteiger charge is -2.21. The Bertz CT molecular complexity index is 1050. The zero-order valence-corrected chi connectivity index (χ0v) is 16.4. The highest BCUT2D eigenvalue weighted by atomic mass is 127. The molecule has 136 valence electrons. The van der Waals surface area contributed by atoms with Crippen LogP contribution in [0.2, 0.25) is 0 Å². The predicted octanol–water partition coefficient (Wildman–Crippen LogP) is 4.24. The number of carbonyl (C=O) groups excluding carboxylic acids is 1. The monoisotopic (exact) mass is 499 g/mol. The number of halogens is 4. The Balaban J connectivity index is 1.78. The summed E-state index contributed by atoms with van der Waals surface area (Å²) in [5.41, 5.74) is 0.214. The summed E-state index contributed by atoms with van der Waals surface area (Å²) in [7, 11) is 0. The van der Waals surface area contributed by atoms with Crippen LogP contribution < -0.4 is 9.80 Å². The molecule has 4 rings (SSSR count). The maximum Gasteiger partial charge on any atom is 0.417 e. The van der Waals surface area contributed by atoms with E-state index in [0.29, 0.717) is 6.42 Å². The lowest BCUT2D eigenvalue weighted by molar-refractivity contribution is -0.137. The number of rotatable bonds is 1. The molecule has 0 radical (unpaired) electrons. The molecular weight excluding hydrogens is 490 g/mol. The zero-order chi connectivity index (χ0) is 19.5. The Labute approximate surface area is 171 Å². The van der Waals surface area contributed by atoms with Crippen LogP contribution >= 0.6 is 34.8 Å². The van der Waals surface area contributed by atoms with E-state index >= 15 is 0 Å². The lowest BCUT2D eigenvalue weighted by Crippen LogP contribution is -2.33. The van der Waals surface area contributed by atoms with Crippen molar-refractivity contribution >= 4 is 57.2 Å². The van der Waals surface area contributed by atoms with Crippen molar-refractivity contribution in [2.45, 2.75) is 18.6 Å². The Morgan fingerprint density at radius 3 is 2.63 bits per heavy atom. The first-order valence-corrected chi connectivity index (χ1v) is 9.28. The molecule has 0 saturated carbocycles. The van der Waals surface area contributed by atoms with E-state index in [-0.39, 0.29) is 16.7 Å². The maximum absolute atomic E-state index is 13.3. The second-order valence-electron chi connectivity index (χ2n) is 6.16. The van der Waals surface area contributed by atoms with Crippen LogP contribution in [0.1, 0.15) is 16.7 Å². The lowest BCUT2D eigenvalue weighted by atomic mass is 10.1. The molecule has 4 nitrogen and oxygen atoms in total. The number of thiocarbonyl (C=S) groups is 1. The molecule has 0 aromatic heterocycles. The molecule has 2 aromatic carbocycles. The Morgan fingerprint density at radius 2 is 1.96 bits per heavy atom. The van der Waals surface area contributed by atoms with E-state index in [1.807, 2.05) is 18.2 Å². The topological polar surface area (TPSA) is 47.3 Å². The Kier molecular flexibility index (Phi) is 4.16. The second-order valence-corrected chi connectivity index (χ2v) is 7.77. The number of hydrogen-bond acceptors (Lipinski definition) is 3.